The van der Waals surface area contributed by atoms with Gasteiger partial charge in [0.1, 0.15) is 5.82 Å². The molecule has 0 atom stereocenters. The van der Waals surface area contributed by atoms with Gasteiger partial charge in [-0.1, -0.05) is 35.5 Å². The zero-order valence-corrected chi connectivity index (χ0v) is 18.2. The molecular weight excluding hydrogens is 421 g/mol. The summed E-state index contributed by atoms with van der Waals surface area (Å²) in [6.07, 6.45) is 0. The Bertz CT molecular complexity index is 1490. The van der Waals surface area contributed by atoms with Crippen molar-refractivity contribution in [3.8, 4) is 16.9 Å². The minimum Gasteiger partial charge on any atom is -0.303 e. The molecule has 0 spiro atoms. The zero-order valence-electron chi connectivity index (χ0n) is 18.2. The lowest BCUT2D eigenvalue weighted by Gasteiger charge is -2.09. The van der Waals surface area contributed by atoms with E-state index in [1.165, 1.54) is 12.1 Å². The van der Waals surface area contributed by atoms with Crippen LogP contribution < -0.4 is 5.32 Å². The van der Waals surface area contributed by atoms with Crippen LogP contribution in [0.1, 0.15) is 21.7 Å². The first-order chi connectivity index (χ1) is 15.9. The van der Waals surface area contributed by atoms with E-state index in [0.29, 0.717) is 45.2 Å². The number of carbonyl (C=O) groups is 1. The van der Waals surface area contributed by atoms with E-state index in [0.717, 1.165) is 5.56 Å². The molecule has 0 radical (unpaired) electrons. The van der Waals surface area contributed by atoms with E-state index in [1.807, 2.05) is 37.3 Å². The fourth-order valence-corrected chi connectivity index (χ4v) is 3.83. The number of aromatic nitrogens is 6. The van der Waals surface area contributed by atoms with E-state index in [2.05, 4.69) is 20.7 Å². The molecule has 5 rings (SSSR count). The monoisotopic (exact) mass is 441 g/mol. The van der Waals surface area contributed by atoms with Gasteiger partial charge >= 0.3 is 0 Å². The van der Waals surface area contributed by atoms with Gasteiger partial charge in [0.05, 0.1) is 33.7 Å². The van der Waals surface area contributed by atoms with Crippen LogP contribution in [-0.4, -0.2) is 35.7 Å². The van der Waals surface area contributed by atoms with E-state index in [-0.39, 0.29) is 11.7 Å². The van der Waals surface area contributed by atoms with Crippen LogP contribution in [0.25, 0.3) is 28.0 Å². The summed E-state index contributed by atoms with van der Waals surface area (Å²) in [4.78, 5) is 18.2. The topological polar surface area (TPSA) is 90.5 Å². The summed E-state index contributed by atoms with van der Waals surface area (Å²) in [6.45, 7) is 3.63. The number of rotatable bonds is 4. The average Bonchev–Trinajstić information content (AvgIpc) is 3.33. The van der Waals surface area contributed by atoms with Gasteiger partial charge in [-0.25, -0.2) is 14.1 Å². The second kappa shape index (κ2) is 7.94. The first-order valence-corrected chi connectivity index (χ1v) is 10.3. The maximum atomic E-state index is 13.4. The van der Waals surface area contributed by atoms with Crippen molar-refractivity contribution in [2.75, 3.05) is 5.32 Å². The highest BCUT2D eigenvalue weighted by Crippen LogP contribution is 2.28. The molecule has 2 aromatic carbocycles. The molecule has 0 saturated carbocycles. The van der Waals surface area contributed by atoms with Gasteiger partial charge in [-0.3, -0.25) is 9.48 Å². The van der Waals surface area contributed by atoms with Crippen molar-refractivity contribution in [2.24, 2.45) is 7.05 Å². The summed E-state index contributed by atoms with van der Waals surface area (Å²) >= 11 is 0. The van der Waals surface area contributed by atoms with Gasteiger partial charge in [-0.2, -0.15) is 5.10 Å². The molecule has 0 aliphatic carbocycles. The highest BCUT2D eigenvalue weighted by Gasteiger charge is 2.21. The first-order valence-electron chi connectivity index (χ1n) is 10.3. The second-order valence-corrected chi connectivity index (χ2v) is 7.69. The number of aryl methyl sites for hydroxylation is 2. The van der Waals surface area contributed by atoms with Crippen LogP contribution in [0, 0.1) is 19.7 Å². The minimum atomic E-state index is -0.343. The fraction of sp³-hybridized carbons (Fsp3) is 0.125. The number of pyridine rings is 1. The summed E-state index contributed by atoms with van der Waals surface area (Å²) in [7, 11) is 1.80. The van der Waals surface area contributed by atoms with Crippen molar-refractivity contribution >= 4 is 22.8 Å². The summed E-state index contributed by atoms with van der Waals surface area (Å²) in [5.41, 5.74) is 4.59. The van der Waals surface area contributed by atoms with Gasteiger partial charge in [0.25, 0.3) is 5.91 Å². The summed E-state index contributed by atoms with van der Waals surface area (Å²) in [5.74, 6) is -0.366. The van der Waals surface area contributed by atoms with E-state index in [9.17, 15) is 9.18 Å². The van der Waals surface area contributed by atoms with Crippen LogP contribution >= 0.6 is 0 Å². The molecule has 8 nitrogen and oxygen atoms in total. The van der Waals surface area contributed by atoms with Crippen molar-refractivity contribution in [2.45, 2.75) is 13.8 Å². The number of anilines is 1. The van der Waals surface area contributed by atoms with Gasteiger partial charge in [0.2, 0.25) is 0 Å². The van der Waals surface area contributed by atoms with E-state index in [1.54, 1.807) is 41.5 Å². The molecule has 0 bridgehead atoms. The molecule has 3 heterocycles. The number of nitrogens with zero attached hydrogens (tertiary/aromatic N) is 6. The Morgan fingerprint density at radius 1 is 1.03 bits per heavy atom. The summed E-state index contributed by atoms with van der Waals surface area (Å²) in [6, 6.07) is 17.3. The van der Waals surface area contributed by atoms with Gasteiger partial charge in [-0.15, -0.1) is 5.10 Å². The lowest BCUT2D eigenvalue weighted by molar-refractivity contribution is 0.102. The van der Waals surface area contributed by atoms with Gasteiger partial charge < -0.3 is 5.32 Å². The Morgan fingerprint density at radius 3 is 2.48 bits per heavy atom. The zero-order chi connectivity index (χ0) is 23.1. The van der Waals surface area contributed by atoms with Crippen LogP contribution in [0.4, 0.5) is 10.2 Å². The molecule has 1 N–H and O–H groups in total. The highest BCUT2D eigenvalue weighted by molar-refractivity contribution is 6.13. The standard InChI is InChI=1S/C24H20FN7O/c1-14-21-19(13-20(16-7-5-4-6-8-16)26-23(21)31(3)29-14)24(33)27-22-15(2)32(30-28-22)18-11-9-17(25)10-12-18/h4-13H,1-3H3,(H,27,33). The Labute approximate surface area is 188 Å². The Morgan fingerprint density at radius 2 is 1.76 bits per heavy atom. The second-order valence-electron chi connectivity index (χ2n) is 7.69. The molecule has 33 heavy (non-hydrogen) atoms. The first kappa shape index (κ1) is 20.5. The number of nitrogens with one attached hydrogen (secondary N) is 1. The summed E-state index contributed by atoms with van der Waals surface area (Å²) in [5, 5.41) is 16.2. The van der Waals surface area contributed by atoms with Crippen LogP contribution in [0.3, 0.4) is 0 Å². The van der Waals surface area contributed by atoms with Gasteiger partial charge in [0, 0.05) is 12.6 Å². The number of hydrogen-bond donors (Lipinski definition) is 1. The number of hydrogen-bond acceptors (Lipinski definition) is 5. The Kier molecular flexibility index (Phi) is 4.93. The molecule has 9 heteroatoms. The van der Waals surface area contributed by atoms with Crippen molar-refractivity contribution in [1.29, 1.82) is 0 Å². The summed E-state index contributed by atoms with van der Waals surface area (Å²) < 4.78 is 16.5. The smallest absolute Gasteiger partial charge is 0.257 e. The van der Waals surface area contributed by atoms with Crippen LogP contribution in [-0.2, 0) is 7.05 Å². The molecule has 5 aromatic rings. The predicted octanol–water partition coefficient (Wildman–Crippen LogP) is 4.22. The van der Waals surface area contributed by atoms with Gasteiger partial charge in [0.15, 0.2) is 11.5 Å². The number of carbonyl (C=O) groups excluding carboxylic acids is 1. The normalized spacial score (nSPS) is 11.2. The third kappa shape index (κ3) is 3.63. The van der Waals surface area contributed by atoms with Crippen LogP contribution in [0.2, 0.25) is 0 Å². The average molecular weight is 441 g/mol. The fourth-order valence-electron chi connectivity index (χ4n) is 3.83. The molecule has 3 aromatic heterocycles. The van der Waals surface area contributed by atoms with Crippen molar-refractivity contribution in [3.05, 3.63) is 83.4 Å². The molecule has 0 aliphatic heterocycles. The number of amides is 1. The highest BCUT2D eigenvalue weighted by atomic mass is 19.1. The molecule has 0 fully saturated rings. The largest absolute Gasteiger partial charge is 0.303 e. The Balaban J connectivity index is 1.56. The van der Waals surface area contributed by atoms with E-state index >= 15 is 0 Å². The molecule has 1 amide bonds. The number of fused-ring (bicyclic) bond motifs is 1. The lowest BCUT2D eigenvalue weighted by atomic mass is 10.0. The van der Waals surface area contributed by atoms with Crippen molar-refractivity contribution in [3.63, 3.8) is 0 Å². The van der Waals surface area contributed by atoms with Gasteiger partial charge in [-0.05, 0) is 44.2 Å². The molecule has 0 aliphatic rings. The maximum Gasteiger partial charge on any atom is 0.257 e. The SMILES string of the molecule is Cc1nn(C)c2nc(-c3ccccc3)cc(C(=O)Nc3nnn(-c4ccc(F)cc4)c3C)c12. The predicted molar refractivity (Wildman–Crippen MR) is 123 cm³/mol. The van der Waals surface area contributed by atoms with Crippen LogP contribution in [0.15, 0.2) is 60.7 Å². The minimum absolute atomic E-state index is 0.317. The van der Waals surface area contributed by atoms with E-state index < -0.39 is 0 Å². The maximum absolute atomic E-state index is 13.4. The molecule has 0 unspecified atom stereocenters. The molecule has 0 saturated heterocycles. The van der Waals surface area contributed by atoms with Crippen molar-refractivity contribution in [1.82, 2.24) is 29.8 Å². The van der Waals surface area contributed by atoms with E-state index in [4.69, 9.17) is 4.98 Å². The number of benzene rings is 2. The number of halogens is 1. The molecular formula is C24H20FN7O. The quantitative estimate of drug-likeness (QED) is 0.451. The Hall–Kier alpha value is -4.40. The third-order valence-electron chi connectivity index (χ3n) is 5.48. The third-order valence-corrected chi connectivity index (χ3v) is 5.48. The van der Waals surface area contributed by atoms with Crippen LogP contribution in [0.5, 0.6) is 0 Å². The molecule has 164 valence electrons. The van der Waals surface area contributed by atoms with Crippen molar-refractivity contribution < 1.29 is 9.18 Å². The lowest BCUT2D eigenvalue weighted by Crippen LogP contribution is -2.14.